The van der Waals surface area contributed by atoms with Gasteiger partial charge in [-0.25, -0.2) is 0 Å². The molecule has 0 bridgehead atoms. The number of piperidine rings is 1. The molecule has 3 nitrogen and oxygen atoms in total. The molecule has 1 aliphatic heterocycles. The minimum atomic E-state index is 0.525. The first kappa shape index (κ1) is 13.5. The predicted molar refractivity (Wildman–Crippen MR) is 73.9 cm³/mol. The highest BCUT2D eigenvalue weighted by Gasteiger charge is 2.17. The van der Waals surface area contributed by atoms with E-state index >= 15 is 0 Å². The molecule has 1 aliphatic rings. The third-order valence-electron chi connectivity index (χ3n) is 3.43. The molecule has 1 aromatic rings. The Morgan fingerprint density at radius 2 is 2.00 bits per heavy atom. The molecule has 0 radical (unpaired) electrons. The van der Waals surface area contributed by atoms with Crippen LogP contribution in [0, 0.1) is 0 Å². The summed E-state index contributed by atoms with van der Waals surface area (Å²) < 4.78 is 10.6. The summed E-state index contributed by atoms with van der Waals surface area (Å²) in [6.07, 6.45) is 4.74. The van der Waals surface area contributed by atoms with Gasteiger partial charge in [-0.3, -0.25) is 0 Å². The maximum absolute atomic E-state index is 6.18. The lowest BCUT2D eigenvalue weighted by Gasteiger charge is -2.24. The van der Waals surface area contributed by atoms with E-state index in [0.717, 1.165) is 24.3 Å². The van der Waals surface area contributed by atoms with Crippen LogP contribution in [-0.2, 0) is 6.42 Å². The SMILES string of the molecule is COc1cc(OC)c(CC2CCCCN2)cc1Cl. The molecular weight excluding hydrogens is 250 g/mol. The average molecular weight is 270 g/mol. The van der Waals surface area contributed by atoms with Crippen LogP contribution in [0.1, 0.15) is 24.8 Å². The van der Waals surface area contributed by atoms with E-state index < -0.39 is 0 Å². The van der Waals surface area contributed by atoms with Crippen LogP contribution >= 0.6 is 11.6 Å². The lowest BCUT2D eigenvalue weighted by molar-refractivity contribution is 0.375. The van der Waals surface area contributed by atoms with Gasteiger partial charge in [0.1, 0.15) is 11.5 Å². The first-order chi connectivity index (χ1) is 8.74. The van der Waals surface area contributed by atoms with E-state index in [-0.39, 0.29) is 0 Å². The summed E-state index contributed by atoms with van der Waals surface area (Å²) in [6.45, 7) is 1.11. The molecular formula is C14H20ClNO2. The van der Waals surface area contributed by atoms with E-state index in [1.165, 1.54) is 19.3 Å². The Morgan fingerprint density at radius 1 is 1.22 bits per heavy atom. The Labute approximate surface area is 113 Å². The van der Waals surface area contributed by atoms with Crippen LogP contribution in [0.4, 0.5) is 0 Å². The van der Waals surface area contributed by atoms with Crippen LogP contribution in [0.25, 0.3) is 0 Å². The molecule has 0 saturated carbocycles. The van der Waals surface area contributed by atoms with Gasteiger partial charge in [0.25, 0.3) is 0 Å². The minimum Gasteiger partial charge on any atom is -0.496 e. The van der Waals surface area contributed by atoms with Crippen LogP contribution in [0.3, 0.4) is 0 Å². The van der Waals surface area contributed by atoms with Crippen LogP contribution in [0.15, 0.2) is 12.1 Å². The molecule has 0 aliphatic carbocycles. The molecule has 1 N–H and O–H groups in total. The summed E-state index contributed by atoms with van der Waals surface area (Å²) >= 11 is 6.18. The van der Waals surface area contributed by atoms with Crippen molar-refractivity contribution in [2.75, 3.05) is 20.8 Å². The van der Waals surface area contributed by atoms with Gasteiger partial charge in [0.15, 0.2) is 0 Å². The number of rotatable bonds is 4. The molecule has 18 heavy (non-hydrogen) atoms. The van der Waals surface area contributed by atoms with Crippen LogP contribution in [0.5, 0.6) is 11.5 Å². The molecule has 1 saturated heterocycles. The Balaban J connectivity index is 2.17. The van der Waals surface area contributed by atoms with E-state index in [2.05, 4.69) is 5.32 Å². The zero-order chi connectivity index (χ0) is 13.0. The van der Waals surface area contributed by atoms with Crippen molar-refractivity contribution in [1.82, 2.24) is 5.32 Å². The monoisotopic (exact) mass is 269 g/mol. The van der Waals surface area contributed by atoms with Gasteiger partial charge in [-0.2, -0.15) is 0 Å². The van der Waals surface area contributed by atoms with Crippen molar-refractivity contribution >= 4 is 11.6 Å². The Bertz CT molecular complexity index is 403. The lowest BCUT2D eigenvalue weighted by atomic mass is 9.97. The number of methoxy groups -OCH3 is 2. The first-order valence-corrected chi connectivity index (χ1v) is 6.76. The van der Waals surface area contributed by atoms with E-state index in [4.69, 9.17) is 21.1 Å². The zero-order valence-corrected chi connectivity index (χ0v) is 11.7. The van der Waals surface area contributed by atoms with Gasteiger partial charge in [-0.1, -0.05) is 18.0 Å². The van der Waals surface area contributed by atoms with Gasteiger partial charge in [0.05, 0.1) is 19.2 Å². The number of hydrogen-bond acceptors (Lipinski definition) is 3. The maximum atomic E-state index is 6.18. The number of halogens is 1. The standard InChI is InChI=1S/C14H20ClNO2/c1-17-13-9-14(18-2)12(15)8-10(13)7-11-5-3-4-6-16-11/h8-9,11,16H,3-7H2,1-2H3. The van der Waals surface area contributed by atoms with Crippen molar-refractivity contribution in [1.29, 1.82) is 0 Å². The first-order valence-electron chi connectivity index (χ1n) is 6.38. The number of benzene rings is 1. The van der Waals surface area contributed by atoms with Crippen molar-refractivity contribution in [2.24, 2.45) is 0 Å². The minimum absolute atomic E-state index is 0.525. The normalized spacial score (nSPS) is 19.6. The predicted octanol–water partition coefficient (Wildman–Crippen LogP) is 3.04. The average Bonchev–Trinajstić information content (AvgIpc) is 2.40. The second-order valence-corrected chi connectivity index (χ2v) is 5.06. The van der Waals surface area contributed by atoms with Gasteiger partial charge >= 0.3 is 0 Å². The van der Waals surface area contributed by atoms with Crippen molar-refractivity contribution in [2.45, 2.75) is 31.7 Å². The molecule has 4 heteroatoms. The van der Waals surface area contributed by atoms with Gasteiger partial charge in [-0.15, -0.1) is 0 Å². The van der Waals surface area contributed by atoms with E-state index in [1.54, 1.807) is 14.2 Å². The fourth-order valence-electron chi connectivity index (χ4n) is 2.45. The van der Waals surface area contributed by atoms with Gasteiger partial charge in [0, 0.05) is 12.1 Å². The van der Waals surface area contributed by atoms with E-state index in [1.807, 2.05) is 12.1 Å². The molecule has 1 unspecified atom stereocenters. The second-order valence-electron chi connectivity index (χ2n) is 4.65. The molecule has 2 rings (SSSR count). The summed E-state index contributed by atoms with van der Waals surface area (Å²) in [4.78, 5) is 0. The van der Waals surface area contributed by atoms with Crippen molar-refractivity contribution in [3.8, 4) is 11.5 Å². The molecule has 0 aromatic heterocycles. The van der Waals surface area contributed by atoms with E-state index in [9.17, 15) is 0 Å². The fourth-order valence-corrected chi connectivity index (χ4v) is 2.71. The topological polar surface area (TPSA) is 30.5 Å². The van der Waals surface area contributed by atoms with Crippen molar-refractivity contribution in [3.05, 3.63) is 22.7 Å². The second kappa shape index (κ2) is 6.30. The highest BCUT2D eigenvalue weighted by Crippen LogP contribution is 2.33. The lowest BCUT2D eigenvalue weighted by Crippen LogP contribution is -2.35. The zero-order valence-electron chi connectivity index (χ0n) is 11.0. The quantitative estimate of drug-likeness (QED) is 0.911. The molecule has 100 valence electrons. The highest BCUT2D eigenvalue weighted by atomic mass is 35.5. The third-order valence-corrected chi connectivity index (χ3v) is 3.73. The number of hydrogen-bond donors (Lipinski definition) is 1. The Hall–Kier alpha value is -0.930. The molecule has 1 heterocycles. The Kier molecular flexibility index (Phi) is 4.72. The smallest absolute Gasteiger partial charge is 0.141 e. The van der Waals surface area contributed by atoms with Crippen LogP contribution in [0.2, 0.25) is 5.02 Å². The maximum Gasteiger partial charge on any atom is 0.141 e. The highest BCUT2D eigenvalue weighted by molar-refractivity contribution is 6.32. The molecule has 0 spiro atoms. The third kappa shape index (κ3) is 3.09. The van der Waals surface area contributed by atoms with Crippen molar-refractivity contribution < 1.29 is 9.47 Å². The number of nitrogens with one attached hydrogen (secondary N) is 1. The molecule has 0 amide bonds. The summed E-state index contributed by atoms with van der Waals surface area (Å²) in [6, 6.07) is 4.34. The summed E-state index contributed by atoms with van der Waals surface area (Å²) in [5, 5.41) is 4.18. The summed E-state index contributed by atoms with van der Waals surface area (Å²) in [5.41, 5.74) is 1.14. The van der Waals surface area contributed by atoms with E-state index in [0.29, 0.717) is 16.8 Å². The Morgan fingerprint density at radius 3 is 2.61 bits per heavy atom. The molecule has 1 fully saturated rings. The van der Waals surface area contributed by atoms with Gasteiger partial charge in [-0.05, 0) is 37.4 Å². The van der Waals surface area contributed by atoms with Crippen molar-refractivity contribution in [3.63, 3.8) is 0 Å². The molecule has 1 aromatic carbocycles. The van der Waals surface area contributed by atoms with Gasteiger partial charge in [0.2, 0.25) is 0 Å². The molecule has 1 atom stereocenters. The fraction of sp³-hybridized carbons (Fsp3) is 0.571. The number of ether oxygens (including phenoxy) is 2. The van der Waals surface area contributed by atoms with Gasteiger partial charge < -0.3 is 14.8 Å². The van der Waals surface area contributed by atoms with Crippen LogP contribution < -0.4 is 14.8 Å². The largest absolute Gasteiger partial charge is 0.496 e. The summed E-state index contributed by atoms with van der Waals surface area (Å²) in [5.74, 6) is 1.51. The van der Waals surface area contributed by atoms with Crippen LogP contribution in [-0.4, -0.2) is 26.8 Å². The summed E-state index contributed by atoms with van der Waals surface area (Å²) in [7, 11) is 3.30.